The van der Waals surface area contributed by atoms with Crippen molar-refractivity contribution in [1.29, 1.82) is 0 Å². The summed E-state index contributed by atoms with van der Waals surface area (Å²) in [5, 5.41) is 19.8. The normalized spacial score (nSPS) is 11.5. The third-order valence-corrected chi connectivity index (χ3v) is 4.58. The van der Waals surface area contributed by atoms with Gasteiger partial charge >= 0.3 is 0 Å². The minimum atomic E-state index is -4.03. The van der Waals surface area contributed by atoms with Crippen LogP contribution in [0.15, 0.2) is 80.3 Å². The number of nitrogens with zero attached hydrogens (tertiary/aromatic N) is 5. The highest BCUT2D eigenvalue weighted by Crippen LogP contribution is 2.36. The van der Waals surface area contributed by atoms with E-state index in [0.717, 1.165) is 10.8 Å². The standard InChI is InChI=1S/C16H11N5O3S/c17-20-21-25(23,24)13-8-6-12(7-9-13)18-19-16-14-4-2-1-3-11(14)5-10-15(16)22/h1-10,22H/b19-18+. The zero-order valence-corrected chi connectivity index (χ0v) is 13.5. The summed E-state index contributed by atoms with van der Waals surface area (Å²) < 4.78 is 26.0. The summed E-state index contributed by atoms with van der Waals surface area (Å²) in [6.45, 7) is 0. The number of phenols is 1. The number of hydrogen-bond acceptors (Lipinski definition) is 5. The highest BCUT2D eigenvalue weighted by molar-refractivity contribution is 7.90. The van der Waals surface area contributed by atoms with Crippen LogP contribution in [0.4, 0.5) is 11.4 Å². The Kier molecular flexibility index (Phi) is 4.34. The van der Waals surface area contributed by atoms with Gasteiger partial charge in [-0.25, -0.2) is 8.42 Å². The average Bonchev–Trinajstić information content (AvgIpc) is 2.61. The van der Waals surface area contributed by atoms with Gasteiger partial charge in [-0.3, -0.25) is 0 Å². The molecule has 0 aliphatic heterocycles. The summed E-state index contributed by atoms with van der Waals surface area (Å²) >= 11 is 0. The summed E-state index contributed by atoms with van der Waals surface area (Å²) in [4.78, 5) is 2.15. The van der Waals surface area contributed by atoms with Crippen LogP contribution in [0.25, 0.3) is 21.2 Å². The van der Waals surface area contributed by atoms with E-state index >= 15 is 0 Å². The highest BCUT2D eigenvalue weighted by atomic mass is 32.2. The van der Waals surface area contributed by atoms with Gasteiger partial charge in [0.2, 0.25) is 0 Å². The van der Waals surface area contributed by atoms with Crippen molar-refractivity contribution in [2.45, 2.75) is 4.90 Å². The lowest BCUT2D eigenvalue weighted by Gasteiger charge is -2.03. The zero-order valence-electron chi connectivity index (χ0n) is 12.7. The lowest BCUT2D eigenvalue weighted by atomic mass is 10.1. The number of rotatable bonds is 4. The lowest BCUT2D eigenvalue weighted by Crippen LogP contribution is -1.93. The Balaban J connectivity index is 1.96. The van der Waals surface area contributed by atoms with Gasteiger partial charge in [0.1, 0.15) is 11.4 Å². The van der Waals surface area contributed by atoms with Gasteiger partial charge in [-0.15, -0.1) is 5.11 Å². The maximum Gasteiger partial charge on any atom is 0.264 e. The van der Waals surface area contributed by atoms with Crippen molar-refractivity contribution >= 4 is 32.2 Å². The Morgan fingerprint density at radius 3 is 2.36 bits per heavy atom. The van der Waals surface area contributed by atoms with E-state index in [-0.39, 0.29) is 10.6 Å². The molecule has 0 heterocycles. The van der Waals surface area contributed by atoms with Crippen molar-refractivity contribution in [3.63, 3.8) is 0 Å². The number of fused-ring (bicyclic) bond motifs is 1. The Bertz CT molecular complexity index is 1120. The second-order valence-corrected chi connectivity index (χ2v) is 6.58. The van der Waals surface area contributed by atoms with E-state index in [1.165, 1.54) is 30.3 Å². The van der Waals surface area contributed by atoms with Gasteiger partial charge in [-0.05, 0) is 41.2 Å². The van der Waals surface area contributed by atoms with Crippen molar-refractivity contribution in [3.8, 4) is 5.75 Å². The molecule has 3 rings (SSSR count). The third-order valence-electron chi connectivity index (χ3n) is 3.42. The minimum absolute atomic E-state index is 0.00925. The van der Waals surface area contributed by atoms with Crippen LogP contribution in [0.5, 0.6) is 5.75 Å². The van der Waals surface area contributed by atoms with E-state index < -0.39 is 10.0 Å². The molecule has 0 aromatic heterocycles. The number of azide groups is 1. The highest BCUT2D eigenvalue weighted by Gasteiger charge is 2.11. The van der Waals surface area contributed by atoms with E-state index in [4.69, 9.17) is 5.53 Å². The first-order valence-electron chi connectivity index (χ1n) is 7.05. The predicted molar refractivity (Wildman–Crippen MR) is 92.6 cm³/mol. The van der Waals surface area contributed by atoms with Gasteiger partial charge < -0.3 is 5.11 Å². The van der Waals surface area contributed by atoms with Gasteiger partial charge in [0.15, 0.2) is 0 Å². The quantitative estimate of drug-likeness (QED) is 0.404. The van der Waals surface area contributed by atoms with Gasteiger partial charge in [-0.1, -0.05) is 30.3 Å². The first-order valence-corrected chi connectivity index (χ1v) is 8.49. The molecular formula is C16H11N5O3S. The topological polar surface area (TPSA) is 128 Å². The Labute approximate surface area is 142 Å². The van der Waals surface area contributed by atoms with E-state index in [1.807, 2.05) is 24.3 Å². The molecule has 0 amide bonds. The van der Waals surface area contributed by atoms with Gasteiger partial charge in [0.25, 0.3) is 10.0 Å². The van der Waals surface area contributed by atoms with Crippen molar-refractivity contribution in [2.75, 3.05) is 0 Å². The number of benzene rings is 3. The Hall–Kier alpha value is -3.42. The van der Waals surface area contributed by atoms with Gasteiger partial charge in [0, 0.05) is 14.8 Å². The molecule has 0 aliphatic carbocycles. The van der Waals surface area contributed by atoms with Gasteiger partial charge in [0.05, 0.1) is 10.6 Å². The fourth-order valence-electron chi connectivity index (χ4n) is 2.24. The maximum atomic E-state index is 11.6. The summed E-state index contributed by atoms with van der Waals surface area (Å²) in [7, 11) is -4.03. The van der Waals surface area contributed by atoms with Crippen LogP contribution in [-0.4, -0.2) is 13.5 Å². The minimum Gasteiger partial charge on any atom is -0.506 e. The molecule has 9 heteroatoms. The molecule has 25 heavy (non-hydrogen) atoms. The smallest absolute Gasteiger partial charge is 0.264 e. The first kappa shape index (κ1) is 16.4. The second kappa shape index (κ2) is 6.60. The monoisotopic (exact) mass is 353 g/mol. The summed E-state index contributed by atoms with van der Waals surface area (Å²) in [6, 6.07) is 16.1. The van der Waals surface area contributed by atoms with Crippen molar-refractivity contribution in [1.82, 2.24) is 0 Å². The van der Waals surface area contributed by atoms with Crippen molar-refractivity contribution in [2.24, 2.45) is 14.7 Å². The van der Waals surface area contributed by atoms with E-state index in [0.29, 0.717) is 11.4 Å². The van der Waals surface area contributed by atoms with Crippen LogP contribution < -0.4 is 0 Å². The number of aromatic hydroxyl groups is 1. The lowest BCUT2D eigenvalue weighted by molar-refractivity contribution is 0.477. The van der Waals surface area contributed by atoms with Crippen LogP contribution >= 0.6 is 0 Å². The summed E-state index contributed by atoms with van der Waals surface area (Å²) in [5.41, 5.74) is 8.97. The molecule has 0 unspecified atom stereocenters. The van der Waals surface area contributed by atoms with Gasteiger partial charge in [-0.2, -0.15) is 5.11 Å². The van der Waals surface area contributed by atoms with Crippen molar-refractivity contribution < 1.29 is 13.5 Å². The first-order chi connectivity index (χ1) is 12.0. The SMILES string of the molecule is [N-]=[N+]=NS(=O)(=O)c1ccc(/N=N/c2c(O)ccc3ccccc23)cc1. The molecule has 0 fully saturated rings. The number of hydrogen-bond donors (Lipinski definition) is 1. The molecule has 0 radical (unpaired) electrons. The molecule has 0 atom stereocenters. The molecule has 3 aromatic carbocycles. The fraction of sp³-hybridized carbons (Fsp3) is 0. The molecule has 0 spiro atoms. The molecule has 0 saturated heterocycles. The fourth-order valence-corrected chi connectivity index (χ4v) is 2.91. The van der Waals surface area contributed by atoms with Crippen molar-refractivity contribution in [3.05, 3.63) is 71.1 Å². The third kappa shape index (κ3) is 3.42. The summed E-state index contributed by atoms with van der Waals surface area (Å²) in [6.07, 6.45) is 0. The average molecular weight is 353 g/mol. The maximum absolute atomic E-state index is 11.6. The van der Waals surface area contributed by atoms with Crippen LogP contribution in [0.3, 0.4) is 0 Å². The second-order valence-electron chi connectivity index (χ2n) is 4.99. The van der Waals surface area contributed by atoms with E-state index in [2.05, 4.69) is 19.7 Å². The molecule has 0 saturated carbocycles. The zero-order chi connectivity index (χ0) is 17.9. The van der Waals surface area contributed by atoms with Crippen LogP contribution in [0, 0.1) is 0 Å². The molecule has 124 valence electrons. The van der Waals surface area contributed by atoms with Crippen LogP contribution in [0.1, 0.15) is 0 Å². The Morgan fingerprint density at radius 1 is 0.920 bits per heavy atom. The molecule has 0 aliphatic rings. The number of sulfonamides is 1. The Morgan fingerprint density at radius 2 is 1.64 bits per heavy atom. The number of phenolic OH excluding ortho intramolecular Hbond substituents is 1. The van der Waals surface area contributed by atoms with E-state index in [1.54, 1.807) is 6.07 Å². The van der Waals surface area contributed by atoms with Crippen LogP contribution in [-0.2, 0) is 10.0 Å². The predicted octanol–water partition coefficient (Wildman–Crippen LogP) is 4.96. The summed E-state index contributed by atoms with van der Waals surface area (Å²) in [5.74, 6) is -0.00925. The largest absolute Gasteiger partial charge is 0.506 e. The molecule has 0 bridgehead atoms. The number of azo groups is 1. The molecule has 8 nitrogen and oxygen atoms in total. The molecule has 1 N–H and O–H groups in total. The molecule has 3 aromatic rings. The van der Waals surface area contributed by atoms with E-state index in [9.17, 15) is 13.5 Å². The molecular weight excluding hydrogens is 342 g/mol. The van der Waals surface area contributed by atoms with Crippen LogP contribution in [0.2, 0.25) is 0 Å².